The largest absolute Gasteiger partial charge is 0.369 e. The van der Waals surface area contributed by atoms with Gasteiger partial charge in [-0.15, -0.1) is 0 Å². The van der Waals surface area contributed by atoms with Crippen molar-refractivity contribution in [2.24, 2.45) is 0 Å². The zero-order valence-electron chi connectivity index (χ0n) is 5.55. The van der Waals surface area contributed by atoms with E-state index in [1.807, 2.05) is 13.8 Å². The summed E-state index contributed by atoms with van der Waals surface area (Å²) in [6.07, 6.45) is 0.0932. The Hall–Kier alpha value is -0.220. The van der Waals surface area contributed by atoms with Gasteiger partial charge in [-0.2, -0.15) is 0 Å². The summed E-state index contributed by atoms with van der Waals surface area (Å²) >= 11 is 3.54. The molecule has 0 heterocycles. The van der Waals surface area contributed by atoms with Gasteiger partial charge in [0.15, 0.2) is 0 Å². The van der Waals surface area contributed by atoms with Crippen LogP contribution in [-0.4, -0.2) is 18.6 Å². The Labute approximate surface area is 60.3 Å². The molecule has 0 aliphatic carbocycles. The maximum Gasteiger partial charge on any atom is 0.255 e. The summed E-state index contributed by atoms with van der Waals surface area (Å²) in [6.45, 7) is 3.82. The summed E-state index contributed by atoms with van der Waals surface area (Å²) in [7, 11) is 0. The van der Waals surface area contributed by atoms with Crippen LogP contribution in [0.2, 0.25) is 0 Å². The lowest BCUT2D eigenvalue weighted by Crippen LogP contribution is -2.21. The molecule has 0 saturated heterocycles. The van der Waals surface area contributed by atoms with Crippen molar-refractivity contribution in [1.82, 2.24) is 4.72 Å². The van der Waals surface area contributed by atoms with E-state index >= 15 is 0 Å². The van der Waals surface area contributed by atoms with Crippen LogP contribution in [0.15, 0.2) is 0 Å². The number of amides is 1. The topological polar surface area (TPSA) is 38.3 Å². The molecule has 0 rings (SSSR count). The van der Waals surface area contributed by atoms with E-state index in [9.17, 15) is 4.79 Å². The van der Waals surface area contributed by atoms with Crippen LogP contribution in [0.1, 0.15) is 13.8 Å². The zero-order chi connectivity index (χ0) is 7.28. The van der Waals surface area contributed by atoms with Crippen molar-refractivity contribution in [2.75, 3.05) is 6.61 Å². The molecular formula is C5H11NO2S. The van der Waals surface area contributed by atoms with Gasteiger partial charge in [-0.05, 0) is 13.8 Å². The summed E-state index contributed by atoms with van der Waals surface area (Å²) in [5.41, 5.74) is 0. The Morgan fingerprint density at radius 3 is 2.67 bits per heavy atom. The number of carbonyl (C=O) groups excluding carboxylic acids is 1. The van der Waals surface area contributed by atoms with Gasteiger partial charge in [0, 0.05) is 0 Å². The minimum Gasteiger partial charge on any atom is -0.369 e. The summed E-state index contributed by atoms with van der Waals surface area (Å²) in [4.78, 5) is 10.4. The fourth-order valence-electron chi connectivity index (χ4n) is 0.275. The molecular weight excluding hydrogens is 138 g/mol. The molecule has 3 nitrogen and oxygen atoms in total. The van der Waals surface area contributed by atoms with E-state index in [4.69, 9.17) is 4.74 Å². The lowest BCUT2D eigenvalue weighted by Gasteiger charge is -2.04. The van der Waals surface area contributed by atoms with Crippen LogP contribution in [0.4, 0.5) is 0 Å². The fraction of sp³-hybridized carbons (Fsp3) is 0.800. The van der Waals surface area contributed by atoms with Crippen LogP contribution in [0, 0.1) is 0 Å². The number of nitrogens with one attached hydrogen (secondary N) is 1. The highest BCUT2D eigenvalue weighted by molar-refractivity contribution is 7.78. The van der Waals surface area contributed by atoms with E-state index in [1.165, 1.54) is 0 Å². The molecule has 0 radical (unpaired) electrons. The smallest absolute Gasteiger partial charge is 0.255 e. The van der Waals surface area contributed by atoms with Crippen molar-refractivity contribution in [1.29, 1.82) is 0 Å². The van der Waals surface area contributed by atoms with Gasteiger partial charge in [-0.1, -0.05) is 12.8 Å². The van der Waals surface area contributed by atoms with Gasteiger partial charge >= 0.3 is 0 Å². The van der Waals surface area contributed by atoms with E-state index < -0.39 is 0 Å². The normalized spacial score (nSPS) is 9.78. The Kier molecular flexibility index (Phi) is 4.53. The lowest BCUT2D eigenvalue weighted by atomic mass is 10.5. The molecule has 0 aromatic carbocycles. The van der Waals surface area contributed by atoms with Crippen molar-refractivity contribution in [3.05, 3.63) is 0 Å². The van der Waals surface area contributed by atoms with E-state index in [1.54, 1.807) is 0 Å². The highest BCUT2D eigenvalue weighted by atomic mass is 32.1. The predicted molar refractivity (Wildman–Crippen MR) is 38.2 cm³/mol. The average molecular weight is 149 g/mol. The molecule has 54 valence electrons. The first kappa shape index (κ1) is 8.78. The van der Waals surface area contributed by atoms with Crippen LogP contribution in [0.25, 0.3) is 0 Å². The molecule has 0 aromatic rings. The predicted octanol–water partition coefficient (Wildman–Crippen LogP) is 0.372. The SMILES string of the molecule is CC(C)OCC(=O)NS. The minimum atomic E-state index is -0.216. The second-order valence-electron chi connectivity index (χ2n) is 1.89. The number of ether oxygens (including phenoxy) is 1. The molecule has 0 atom stereocenters. The summed E-state index contributed by atoms with van der Waals surface area (Å²) < 4.78 is 7.08. The van der Waals surface area contributed by atoms with Crippen molar-refractivity contribution in [2.45, 2.75) is 20.0 Å². The van der Waals surface area contributed by atoms with Gasteiger partial charge < -0.3 is 9.46 Å². The van der Waals surface area contributed by atoms with E-state index in [2.05, 4.69) is 17.5 Å². The number of thiol groups is 1. The summed E-state index contributed by atoms with van der Waals surface area (Å²) in [5, 5.41) is 0. The second-order valence-corrected chi connectivity index (χ2v) is 2.12. The zero-order valence-corrected chi connectivity index (χ0v) is 6.44. The van der Waals surface area contributed by atoms with Gasteiger partial charge in [0.25, 0.3) is 5.91 Å². The van der Waals surface area contributed by atoms with E-state index in [0.717, 1.165) is 0 Å². The highest BCUT2D eigenvalue weighted by Gasteiger charge is 1.98. The standard InChI is InChI=1S/C5H11NO2S/c1-4(2)8-3-5(7)6-9/h4,9H,3H2,1-2H3,(H,6,7). The molecule has 0 aromatic heterocycles. The molecule has 0 unspecified atom stereocenters. The van der Waals surface area contributed by atoms with Gasteiger partial charge in [0.1, 0.15) is 6.61 Å². The van der Waals surface area contributed by atoms with Gasteiger partial charge in [-0.25, -0.2) is 0 Å². The third kappa shape index (κ3) is 5.65. The molecule has 0 saturated carbocycles. The minimum absolute atomic E-state index is 0.0845. The van der Waals surface area contributed by atoms with Gasteiger partial charge in [-0.3, -0.25) is 4.79 Å². The Morgan fingerprint density at radius 1 is 1.78 bits per heavy atom. The highest BCUT2D eigenvalue weighted by Crippen LogP contribution is 1.85. The molecule has 4 heteroatoms. The fourth-order valence-corrected chi connectivity index (χ4v) is 0.339. The summed E-state index contributed by atoms with van der Waals surface area (Å²) in [5.74, 6) is -0.216. The first-order valence-corrected chi connectivity index (χ1v) is 3.16. The Balaban J connectivity index is 3.17. The monoisotopic (exact) mass is 149 g/mol. The third-order valence-electron chi connectivity index (χ3n) is 0.672. The number of hydrogen-bond donors (Lipinski definition) is 2. The number of rotatable bonds is 3. The van der Waals surface area contributed by atoms with Crippen LogP contribution in [-0.2, 0) is 9.53 Å². The number of hydrogen-bond acceptors (Lipinski definition) is 3. The molecule has 0 aliphatic heterocycles. The van der Waals surface area contributed by atoms with Crippen LogP contribution in [0.3, 0.4) is 0 Å². The maximum atomic E-state index is 10.4. The van der Waals surface area contributed by atoms with E-state index in [-0.39, 0.29) is 18.6 Å². The molecule has 0 aliphatic rings. The Morgan fingerprint density at radius 2 is 2.33 bits per heavy atom. The second kappa shape index (κ2) is 4.64. The maximum absolute atomic E-state index is 10.4. The average Bonchev–Trinajstić information content (AvgIpc) is 1.83. The van der Waals surface area contributed by atoms with Crippen LogP contribution >= 0.6 is 12.8 Å². The first-order chi connectivity index (χ1) is 4.16. The van der Waals surface area contributed by atoms with Gasteiger partial charge in [0.2, 0.25) is 0 Å². The molecule has 1 amide bonds. The first-order valence-electron chi connectivity index (χ1n) is 2.71. The van der Waals surface area contributed by atoms with Crippen LogP contribution in [0.5, 0.6) is 0 Å². The van der Waals surface area contributed by atoms with Crippen molar-refractivity contribution < 1.29 is 9.53 Å². The van der Waals surface area contributed by atoms with Crippen molar-refractivity contribution in [3.63, 3.8) is 0 Å². The van der Waals surface area contributed by atoms with E-state index in [0.29, 0.717) is 0 Å². The van der Waals surface area contributed by atoms with Gasteiger partial charge in [0.05, 0.1) is 6.10 Å². The summed E-state index contributed by atoms with van der Waals surface area (Å²) in [6, 6.07) is 0. The molecule has 0 spiro atoms. The Bertz CT molecular complexity index is 95.0. The molecule has 9 heavy (non-hydrogen) atoms. The van der Waals surface area contributed by atoms with Crippen molar-refractivity contribution >= 4 is 18.7 Å². The third-order valence-corrected chi connectivity index (χ3v) is 0.922. The lowest BCUT2D eigenvalue weighted by molar-refractivity contribution is -0.125. The van der Waals surface area contributed by atoms with Crippen LogP contribution < -0.4 is 4.72 Å². The molecule has 1 N–H and O–H groups in total. The molecule has 0 fully saturated rings. The quantitative estimate of drug-likeness (QED) is 0.569. The number of carbonyl (C=O) groups is 1. The van der Waals surface area contributed by atoms with Crippen molar-refractivity contribution in [3.8, 4) is 0 Å². The molecule has 0 bridgehead atoms.